The summed E-state index contributed by atoms with van der Waals surface area (Å²) in [4.78, 5) is 27.6. The summed E-state index contributed by atoms with van der Waals surface area (Å²) >= 11 is 1.33. The van der Waals surface area contributed by atoms with Crippen molar-refractivity contribution < 1.29 is 22.7 Å². The molecule has 11 heteroatoms. The third-order valence-corrected chi connectivity index (χ3v) is 7.17. The van der Waals surface area contributed by atoms with Crippen LogP contribution in [0.3, 0.4) is 0 Å². The van der Waals surface area contributed by atoms with Gasteiger partial charge in [-0.1, -0.05) is 36.0 Å². The quantitative estimate of drug-likeness (QED) is 0.286. The minimum atomic E-state index is -4.42. The number of piperidine rings is 1. The van der Waals surface area contributed by atoms with Crippen LogP contribution in [-0.4, -0.2) is 45.4 Å². The number of fused-ring (bicyclic) bond motifs is 1. The molecule has 3 heterocycles. The molecule has 1 N–H and O–H groups in total. The summed E-state index contributed by atoms with van der Waals surface area (Å²) in [5.41, 5.74) is 0.860. The smallest absolute Gasteiger partial charge is 0.416 e. The van der Waals surface area contributed by atoms with Crippen molar-refractivity contribution in [1.82, 2.24) is 19.9 Å². The van der Waals surface area contributed by atoms with Gasteiger partial charge in [0.2, 0.25) is 11.8 Å². The van der Waals surface area contributed by atoms with Gasteiger partial charge in [-0.15, -0.1) is 0 Å². The molecule has 7 nitrogen and oxygen atoms in total. The van der Waals surface area contributed by atoms with Gasteiger partial charge in [0, 0.05) is 31.5 Å². The summed E-state index contributed by atoms with van der Waals surface area (Å²) in [6.07, 6.45) is -0.267. The molecule has 198 valence electrons. The van der Waals surface area contributed by atoms with Gasteiger partial charge in [0.1, 0.15) is 11.3 Å². The average molecular weight is 542 g/mol. The van der Waals surface area contributed by atoms with Crippen LogP contribution in [0.1, 0.15) is 37.6 Å². The number of rotatable bonds is 7. The number of benzene rings is 2. The highest BCUT2D eigenvalue weighted by molar-refractivity contribution is 7.22. The van der Waals surface area contributed by atoms with E-state index in [4.69, 9.17) is 4.74 Å². The van der Waals surface area contributed by atoms with Crippen LogP contribution < -0.4 is 10.1 Å². The lowest BCUT2D eigenvalue weighted by atomic mass is 10.1. The SMILES string of the molecule is CC(=O)Nc1nc2c(Oc3cc(-c4ccc(C(F)(F)F)cc4)nc(CCN4CCCCC4)n3)cccc2s1. The molecule has 1 saturated heterocycles. The molecule has 2 aromatic carbocycles. The Morgan fingerprint density at radius 1 is 1.05 bits per heavy atom. The molecule has 1 amide bonds. The minimum Gasteiger partial charge on any atom is -0.437 e. The van der Waals surface area contributed by atoms with Crippen molar-refractivity contribution in [2.75, 3.05) is 25.0 Å². The van der Waals surface area contributed by atoms with E-state index in [0.717, 1.165) is 36.5 Å². The number of nitrogens with zero attached hydrogens (tertiary/aromatic N) is 4. The minimum absolute atomic E-state index is 0.221. The second-order valence-electron chi connectivity index (χ2n) is 9.14. The Kier molecular flexibility index (Phi) is 7.57. The first-order valence-corrected chi connectivity index (χ1v) is 13.2. The van der Waals surface area contributed by atoms with Gasteiger partial charge in [-0.2, -0.15) is 18.2 Å². The van der Waals surface area contributed by atoms with Gasteiger partial charge in [-0.25, -0.2) is 9.97 Å². The van der Waals surface area contributed by atoms with E-state index in [0.29, 0.717) is 39.9 Å². The zero-order valence-electron chi connectivity index (χ0n) is 20.7. The van der Waals surface area contributed by atoms with E-state index >= 15 is 0 Å². The number of ether oxygens (including phenoxy) is 1. The predicted molar refractivity (Wildman–Crippen MR) is 140 cm³/mol. The number of halogens is 3. The number of carbonyl (C=O) groups is 1. The van der Waals surface area contributed by atoms with Crippen molar-refractivity contribution in [1.29, 1.82) is 0 Å². The molecule has 0 saturated carbocycles. The molecule has 1 aliphatic heterocycles. The van der Waals surface area contributed by atoms with Crippen molar-refractivity contribution in [2.24, 2.45) is 0 Å². The first-order valence-electron chi connectivity index (χ1n) is 12.4. The van der Waals surface area contributed by atoms with E-state index in [1.54, 1.807) is 12.1 Å². The topological polar surface area (TPSA) is 80.2 Å². The number of hydrogen-bond acceptors (Lipinski definition) is 7. The van der Waals surface area contributed by atoms with Crippen LogP contribution >= 0.6 is 11.3 Å². The standard InChI is InChI=1S/C27H26F3N5O2S/c1-17(36)31-26-34-25-21(6-5-7-22(25)38-26)37-24-16-20(18-8-10-19(11-9-18)27(28,29)30)32-23(33-24)12-15-35-13-3-2-4-14-35/h5-11,16H,2-4,12-15H2,1H3,(H,31,34,36). The van der Waals surface area contributed by atoms with Crippen molar-refractivity contribution in [3.63, 3.8) is 0 Å². The lowest BCUT2D eigenvalue weighted by molar-refractivity contribution is -0.137. The molecule has 1 aliphatic rings. The Morgan fingerprint density at radius 2 is 1.82 bits per heavy atom. The molecule has 5 rings (SSSR count). The normalized spacial score (nSPS) is 14.5. The van der Waals surface area contributed by atoms with Gasteiger partial charge in [0.25, 0.3) is 0 Å². The molecule has 0 spiro atoms. The highest BCUT2D eigenvalue weighted by Gasteiger charge is 2.30. The molecular weight excluding hydrogens is 515 g/mol. The molecule has 1 fully saturated rings. The number of carbonyl (C=O) groups excluding carboxylic acids is 1. The van der Waals surface area contributed by atoms with E-state index in [-0.39, 0.29) is 11.8 Å². The van der Waals surface area contributed by atoms with Crippen LogP contribution in [-0.2, 0) is 17.4 Å². The second-order valence-corrected chi connectivity index (χ2v) is 10.2. The average Bonchev–Trinajstić information content (AvgIpc) is 3.30. The monoisotopic (exact) mass is 541 g/mol. The maximum absolute atomic E-state index is 13.1. The number of hydrogen-bond donors (Lipinski definition) is 1. The fraction of sp³-hybridized carbons (Fsp3) is 0.333. The van der Waals surface area contributed by atoms with E-state index in [2.05, 4.69) is 25.2 Å². The Labute approximate surface area is 221 Å². The maximum atomic E-state index is 13.1. The molecule has 4 aromatic rings. The molecule has 0 aliphatic carbocycles. The second kappa shape index (κ2) is 11.0. The van der Waals surface area contributed by atoms with Gasteiger partial charge in [0.05, 0.1) is 16.0 Å². The first-order chi connectivity index (χ1) is 18.2. The van der Waals surface area contributed by atoms with Crippen LogP contribution in [0.2, 0.25) is 0 Å². The van der Waals surface area contributed by atoms with Crippen LogP contribution in [0, 0.1) is 0 Å². The van der Waals surface area contributed by atoms with Crippen LogP contribution in [0.15, 0.2) is 48.5 Å². The lowest BCUT2D eigenvalue weighted by Crippen LogP contribution is -2.31. The van der Waals surface area contributed by atoms with E-state index in [1.165, 1.54) is 49.7 Å². The summed E-state index contributed by atoms with van der Waals surface area (Å²) < 4.78 is 46.3. The summed E-state index contributed by atoms with van der Waals surface area (Å²) in [5.74, 6) is 1.05. The predicted octanol–water partition coefficient (Wildman–Crippen LogP) is 6.55. The number of amides is 1. The van der Waals surface area contributed by atoms with Crippen molar-refractivity contribution in [3.8, 4) is 22.9 Å². The van der Waals surface area contributed by atoms with Crippen LogP contribution in [0.25, 0.3) is 21.5 Å². The van der Waals surface area contributed by atoms with E-state index in [1.807, 2.05) is 12.1 Å². The lowest BCUT2D eigenvalue weighted by Gasteiger charge is -2.26. The highest BCUT2D eigenvalue weighted by atomic mass is 32.1. The fourth-order valence-electron chi connectivity index (χ4n) is 4.38. The third kappa shape index (κ3) is 6.28. The summed E-state index contributed by atoms with van der Waals surface area (Å²) in [5, 5.41) is 3.15. The molecule has 0 atom stereocenters. The van der Waals surface area contributed by atoms with Gasteiger partial charge >= 0.3 is 6.18 Å². The molecule has 0 radical (unpaired) electrons. The summed E-state index contributed by atoms with van der Waals surface area (Å²) in [6, 6.07) is 12.0. The molecule has 38 heavy (non-hydrogen) atoms. The number of likely N-dealkylation sites (tertiary alicyclic amines) is 1. The fourth-order valence-corrected chi connectivity index (χ4v) is 5.31. The number of anilines is 1. The number of alkyl halides is 3. The van der Waals surface area contributed by atoms with Gasteiger partial charge < -0.3 is 15.0 Å². The maximum Gasteiger partial charge on any atom is 0.416 e. The first kappa shape index (κ1) is 26.1. The molecule has 0 bridgehead atoms. The molecule has 0 unspecified atom stereocenters. The highest BCUT2D eigenvalue weighted by Crippen LogP contribution is 2.35. The van der Waals surface area contributed by atoms with E-state index < -0.39 is 11.7 Å². The largest absolute Gasteiger partial charge is 0.437 e. The van der Waals surface area contributed by atoms with Gasteiger partial charge in [-0.05, 0) is 50.2 Å². The van der Waals surface area contributed by atoms with Crippen LogP contribution in [0.4, 0.5) is 18.3 Å². The molecule has 2 aromatic heterocycles. The third-order valence-electron chi connectivity index (χ3n) is 6.24. The van der Waals surface area contributed by atoms with Gasteiger partial charge in [0.15, 0.2) is 10.9 Å². The molecular formula is C27H26F3N5O2S. The number of aromatic nitrogens is 3. The zero-order chi connectivity index (χ0) is 26.7. The van der Waals surface area contributed by atoms with Crippen LogP contribution in [0.5, 0.6) is 11.6 Å². The van der Waals surface area contributed by atoms with Gasteiger partial charge in [-0.3, -0.25) is 4.79 Å². The van der Waals surface area contributed by atoms with Crippen molar-refractivity contribution in [2.45, 2.75) is 38.8 Å². The summed E-state index contributed by atoms with van der Waals surface area (Å²) in [7, 11) is 0. The van der Waals surface area contributed by atoms with E-state index in [9.17, 15) is 18.0 Å². The Hall–Kier alpha value is -3.57. The van der Waals surface area contributed by atoms with Crippen molar-refractivity contribution in [3.05, 3.63) is 59.9 Å². The Morgan fingerprint density at radius 3 is 2.53 bits per heavy atom. The summed E-state index contributed by atoms with van der Waals surface area (Å²) in [6.45, 7) is 4.27. The number of nitrogens with one attached hydrogen (secondary N) is 1. The van der Waals surface area contributed by atoms with Crippen molar-refractivity contribution >= 4 is 32.6 Å². The number of para-hydroxylation sites is 1. The Balaban J connectivity index is 1.47. The number of thiazole rings is 1. The Bertz CT molecular complexity index is 1430. The zero-order valence-corrected chi connectivity index (χ0v) is 21.5.